The summed E-state index contributed by atoms with van der Waals surface area (Å²) in [5.74, 6) is 0.604. The van der Waals surface area contributed by atoms with E-state index in [9.17, 15) is 4.79 Å². The van der Waals surface area contributed by atoms with Crippen molar-refractivity contribution in [2.75, 3.05) is 18.4 Å². The molecular formula is C20H22ClN3OS. The maximum absolute atomic E-state index is 12.3. The van der Waals surface area contributed by atoms with Crippen LogP contribution in [0.5, 0.6) is 0 Å². The van der Waals surface area contributed by atoms with Crippen molar-refractivity contribution in [3.8, 4) is 0 Å². The highest BCUT2D eigenvalue weighted by Gasteiger charge is 2.28. The van der Waals surface area contributed by atoms with Gasteiger partial charge in [0.05, 0.1) is 15.2 Å². The lowest BCUT2D eigenvalue weighted by Crippen LogP contribution is -2.48. The van der Waals surface area contributed by atoms with Gasteiger partial charge in [0.1, 0.15) is 0 Å². The third-order valence-electron chi connectivity index (χ3n) is 4.85. The number of hydrogen-bond acceptors (Lipinski definition) is 4. The number of fused-ring (bicyclic) bond motifs is 1. The number of aromatic nitrogens is 1. The van der Waals surface area contributed by atoms with Crippen molar-refractivity contribution in [1.29, 1.82) is 0 Å². The fraction of sp³-hybridized carbons (Fsp3) is 0.300. The quantitative estimate of drug-likeness (QED) is 0.692. The first-order valence-electron chi connectivity index (χ1n) is 8.64. The monoisotopic (exact) mass is 387 g/mol. The van der Waals surface area contributed by atoms with Crippen molar-refractivity contribution in [3.63, 3.8) is 0 Å². The molecule has 26 heavy (non-hydrogen) atoms. The Balaban J connectivity index is 0.00000196. The number of nitrogens with zero attached hydrogens (tertiary/aromatic N) is 1. The fourth-order valence-electron chi connectivity index (χ4n) is 3.01. The minimum absolute atomic E-state index is 0. The highest BCUT2D eigenvalue weighted by molar-refractivity contribution is 7.18. The number of rotatable bonds is 5. The van der Waals surface area contributed by atoms with Crippen LogP contribution in [-0.2, 0) is 11.2 Å². The van der Waals surface area contributed by atoms with Crippen molar-refractivity contribution in [1.82, 2.24) is 10.3 Å². The van der Waals surface area contributed by atoms with Gasteiger partial charge in [-0.05, 0) is 48.8 Å². The Kier molecular flexibility index (Phi) is 5.91. The molecule has 0 saturated carbocycles. The topological polar surface area (TPSA) is 54.0 Å². The number of carbonyl (C=O) groups is 1. The summed E-state index contributed by atoms with van der Waals surface area (Å²) in [6.07, 6.45) is 0.817. The molecule has 1 atom stereocenters. The van der Waals surface area contributed by atoms with Crippen molar-refractivity contribution >= 4 is 45.6 Å². The second kappa shape index (κ2) is 8.16. The number of para-hydroxylation sites is 1. The molecule has 1 amide bonds. The van der Waals surface area contributed by atoms with Crippen LogP contribution in [0.4, 0.5) is 5.69 Å². The molecule has 0 bridgehead atoms. The molecule has 4 nitrogen and oxygen atoms in total. The predicted molar refractivity (Wildman–Crippen MR) is 110 cm³/mol. The summed E-state index contributed by atoms with van der Waals surface area (Å²) >= 11 is 1.74. The van der Waals surface area contributed by atoms with E-state index in [2.05, 4.69) is 33.8 Å². The maximum atomic E-state index is 12.3. The van der Waals surface area contributed by atoms with E-state index < -0.39 is 0 Å². The molecule has 1 aliphatic heterocycles. The Morgan fingerprint density at radius 2 is 1.96 bits per heavy atom. The lowest BCUT2D eigenvalue weighted by Gasteiger charge is -2.31. The van der Waals surface area contributed by atoms with Crippen LogP contribution < -0.4 is 10.6 Å². The molecule has 6 heteroatoms. The lowest BCUT2D eigenvalue weighted by atomic mass is 9.88. The standard InChI is InChI=1S/C20H21N3OS.ClH/c1-13(15-11-21-12-15)20(24)22-16-8-6-14(7-9-16)10-19-23-17-4-2-3-5-18(17)25-19;/h2-9,13,15,21H,10-12H2,1H3,(H,22,24);1H. The minimum atomic E-state index is 0. The van der Waals surface area contributed by atoms with Crippen LogP contribution in [0, 0.1) is 11.8 Å². The molecule has 3 aromatic rings. The number of amides is 1. The van der Waals surface area contributed by atoms with Gasteiger partial charge in [-0.25, -0.2) is 4.98 Å². The van der Waals surface area contributed by atoms with Crippen molar-refractivity contribution in [3.05, 3.63) is 59.1 Å². The van der Waals surface area contributed by atoms with Crippen LogP contribution in [0.1, 0.15) is 17.5 Å². The highest BCUT2D eigenvalue weighted by atomic mass is 35.5. The Labute approximate surface area is 163 Å². The number of thiazole rings is 1. The number of nitrogens with one attached hydrogen (secondary N) is 2. The molecule has 0 spiro atoms. The van der Waals surface area contributed by atoms with E-state index in [1.165, 1.54) is 10.3 Å². The Hall–Kier alpha value is -1.95. The molecule has 1 fully saturated rings. The molecule has 1 aromatic heterocycles. The Morgan fingerprint density at radius 1 is 1.23 bits per heavy atom. The van der Waals surface area contributed by atoms with Gasteiger partial charge in [-0.3, -0.25) is 4.79 Å². The molecule has 1 aliphatic rings. The van der Waals surface area contributed by atoms with E-state index in [4.69, 9.17) is 0 Å². The van der Waals surface area contributed by atoms with Crippen LogP contribution in [-0.4, -0.2) is 24.0 Å². The van der Waals surface area contributed by atoms with Crippen molar-refractivity contribution in [2.24, 2.45) is 11.8 Å². The fourth-order valence-corrected chi connectivity index (χ4v) is 4.01. The Bertz CT molecular complexity index is 856. The second-order valence-corrected chi connectivity index (χ2v) is 7.76. The third-order valence-corrected chi connectivity index (χ3v) is 5.89. The molecule has 2 heterocycles. The van der Waals surface area contributed by atoms with Crippen LogP contribution in [0.25, 0.3) is 10.2 Å². The normalized spacial score (nSPS) is 15.1. The van der Waals surface area contributed by atoms with E-state index in [0.717, 1.165) is 35.7 Å². The van der Waals surface area contributed by atoms with Crippen molar-refractivity contribution < 1.29 is 4.79 Å². The van der Waals surface area contributed by atoms with Crippen LogP contribution in [0.3, 0.4) is 0 Å². The van der Waals surface area contributed by atoms with Gasteiger partial charge >= 0.3 is 0 Å². The minimum Gasteiger partial charge on any atom is -0.326 e. The molecule has 1 unspecified atom stereocenters. The van der Waals surface area contributed by atoms with Gasteiger partial charge in [0, 0.05) is 18.0 Å². The predicted octanol–water partition coefficient (Wildman–Crippen LogP) is 4.10. The average Bonchev–Trinajstić information content (AvgIpc) is 2.97. The van der Waals surface area contributed by atoms with Crippen LogP contribution in [0.2, 0.25) is 0 Å². The zero-order valence-corrected chi connectivity index (χ0v) is 16.2. The van der Waals surface area contributed by atoms with Gasteiger partial charge in [-0.15, -0.1) is 23.7 Å². The zero-order chi connectivity index (χ0) is 17.2. The Morgan fingerprint density at radius 3 is 2.62 bits per heavy atom. The van der Waals surface area contributed by atoms with Gasteiger partial charge in [0.15, 0.2) is 0 Å². The van der Waals surface area contributed by atoms with Gasteiger partial charge in [0.25, 0.3) is 0 Å². The summed E-state index contributed by atoms with van der Waals surface area (Å²) in [7, 11) is 0. The van der Waals surface area contributed by atoms with E-state index in [1.54, 1.807) is 11.3 Å². The molecule has 4 rings (SSSR count). The number of benzene rings is 2. The van der Waals surface area contributed by atoms with Gasteiger partial charge in [-0.2, -0.15) is 0 Å². The number of carbonyl (C=O) groups excluding carboxylic acids is 1. The largest absolute Gasteiger partial charge is 0.326 e. The van der Waals surface area contributed by atoms with Crippen LogP contribution >= 0.6 is 23.7 Å². The molecular weight excluding hydrogens is 366 g/mol. The first-order valence-corrected chi connectivity index (χ1v) is 9.45. The smallest absolute Gasteiger partial charge is 0.227 e. The summed E-state index contributed by atoms with van der Waals surface area (Å²) in [5, 5.41) is 7.35. The number of hydrogen-bond donors (Lipinski definition) is 2. The van der Waals surface area contributed by atoms with Gasteiger partial charge in [-0.1, -0.05) is 31.2 Å². The summed E-state index contributed by atoms with van der Waals surface area (Å²) in [5.41, 5.74) is 3.12. The van der Waals surface area contributed by atoms with E-state index in [-0.39, 0.29) is 24.2 Å². The van der Waals surface area contributed by atoms with Crippen molar-refractivity contribution in [2.45, 2.75) is 13.3 Å². The summed E-state index contributed by atoms with van der Waals surface area (Å²) in [6.45, 7) is 3.88. The van der Waals surface area contributed by atoms with E-state index in [1.807, 2.05) is 37.3 Å². The second-order valence-electron chi connectivity index (χ2n) is 6.65. The molecule has 136 valence electrons. The molecule has 1 saturated heterocycles. The van der Waals surface area contributed by atoms with Gasteiger partial charge < -0.3 is 10.6 Å². The zero-order valence-electron chi connectivity index (χ0n) is 14.6. The third kappa shape index (κ3) is 4.06. The average molecular weight is 388 g/mol. The van der Waals surface area contributed by atoms with Gasteiger partial charge in [0.2, 0.25) is 5.91 Å². The number of halogens is 1. The van der Waals surface area contributed by atoms with E-state index >= 15 is 0 Å². The van der Waals surface area contributed by atoms with Crippen LogP contribution in [0.15, 0.2) is 48.5 Å². The molecule has 2 aromatic carbocycles. The first kappa shape index (κ1) is 18.8. The SMILES string of the molecule is CC(C(=O)Nc1ccc(Cc2nc3ccccc3s2)cc1)C1CNC1.Cl. The number of anilines is 1. The van der Waals surface area contributed by atoms with E-state index in [0.29, 0.717) is 5.92 Å². The summed E-state index contributed by atoms with van der Waals surface area (Å²) in [4.78, 5) is 17.0. The molecule has 0 radical (unpaired) electrons. The first-order chi connectivity index (χ1) is 12.2. The molecule has 0 aliphatic carbocycles. The molecule has 2 N–H and O–H groups in total. The summed E-state index contributed by atoms with van der Waals surface area (Å²) < 4.78 is 1.22. The highest BCUT2D eigenvalue weighted by Crippen LogP contribution is 2.24. The maximum Gasteiger partial charge on any atom is 0.227 e. The summed E-state index contributed by atoms with van der Waals surface area (Å²) in [6, 6.07) is 16.3. The lowest BCUT2D eigenvalue weighted by molar-refractivity contribution is -0.121.